The Labute approximate surface area is 375 Å². The first-order valence-electron chi connectivity index (χ1n) is 24.4. The Hall–Kier alpha value is -6.51. The molecule has 4 aromatic heterocycles. The van der Waals surface area contributed by atoms with Gasteiger partial charge in [-0.25, -0.2) is 0 Å². The van der Waals surface area contributed by atoms with Gasteiger partial charge in [0.25, 0.3) is 0 Å². The summed E-state index contributed by atoms with van der Waals surface area (Å²) in [7, 11) is 0. The van der Waals surface area contributed by atoms with Crippen LogP contribution in [0.4, 0.5) is 0 Å². The van der Waals surface area contributed by atoms with Crippen LogP contribution in [-0.2, 0) is 58.3 Å². The minimum Gasteiger partial charge on any atom is -0.500 e. The number of pyridine rings is 3. The number of nitrogens with zero attached hydrogens (tertiary/aromatic N) is 4. The Kier molecular flexibility index (Phi) is 8.29. The molecule has 0 bridgehead atoms. The fraction of sp³-hybridized carbons (Fsp3) is 0.132. The fourth-order valence-corrected chi connectivity index (χ4v) is 6.50. The molecule has 9 aromatic rings. The Balaban J connectivity index is 0.00000676. The van der Waals surface area contributed by atoms with Gasteiger partial charge in [0.15, 0.2) is 0 Å². The molecule has 0 spiro atoms. The topological polar surface area (TPSA) is 75.6 Å². The van der Waals surface area contributed by atoms with Gasteiger partial charge in [0, 0.05) is 46.0 Å². The maximum Gasteiger partial charge on any atom is 3.00 e. The molecule has 9 rings (SSSR count). The standard InChI is InChI=1S/C53H39N4O.Ir/c1-36-45(32-54)24-25-47-46-13-8-14-48(53(46)58-52(36)47)51-28-23-39(35-57-51)17-20-42-30-40(18-15-37-21-26-49(55-33-37)43-9-4-2-5-10-43)29-41(31-42)19-16-38-22-27-50(56-34-38)44-11-6-3-7-12-44;/h2-9,11,13,21-31,33-35H,15-20H2,1H3;/q-3;+3/i15D2,16D2,17D2,18D2,19D2,20D2;. The minimum absolute atomic E-state index is 0. The number of hydrogen-bond acceptors (Lipinski definition) is 5. The fourth-order valence-electron chi connectivity index (χ4n) is 6.50. The molecule has 0 amide bonds. The first-order chi connectivity index (χ1) is 33.1. The van der Waals surface area contributed by atoms with E-state index in [9.17, 15) is 21.7 Å². The second-order valence-corrected chi connectivity index (χ2v) is 13.3. The molecule has 0 unspecified atom stereocenters. The van der Waals surface area contributed by atoms with Crippen molar-refractivity contribution in [2.24, 2.45) is 0 Å². The molecule has 0 aliphatic rings. The summed E-state index contributed by atoms with van der Waals surface area (Å²) >= 11 is 0. The molecule has 0 atom stereocenters. The number of hydrogen-bond donors (Lipinski definition) is 0. The number of fused-ring (bicyclic) bond motifs is 3. The van der Waals surface area contributed by atoms with Gasteiger partial charge >= 0.3 is 20.1 Å². The van der Waals surface area contributed by atoms with Gasteiger partial charge in [0.05, 0.1) is 17.2 Å². The van der Waals surface area contributed by atoms with Gasteiger partial charge in [-0.05, 0) is 102 Å². The molecule has 286 valence electrons. The molecule has 59 heavy (non-hydrogen) atoms. The van der Waals surface area contributed by atoms with Crippen LogP contribution < -0.4 is 0 Å². The van der Waals surface area contributed by atoms with Gasteiger partial charge in [-0.15, -0.1) is 90.0 Å². The molecule has 0 aliphatic carbocycles. The second kappa shape index (κ2) is 18.0. The van der Waals surface area contributed by atoms with E-state index < -0.39 is 54.9 Å². The number of nitriles is 1. The van der Waals surface area contributed by atoms with E-state index >= 15 is 0 Å². The van der Waals surface area contributed by atoms with Crippen LogP contribution >= 0.6 is 0 Å². The zero-order chi connectivity index (χ0) is 50.0. The molecular weight excluding hydrogens is 901 g/mol. The summed E-state index contributed by atoms with van der Waals surface area (Å²) in [4.78, 5) is 13.2. The monoisotopic (exact) mass is 952 g/mol. The summed E-state index contributed by atoms with van der Waals surface area (Å²) in [5, 5.41) is 11.1. The van der Waals surface area contributed by atoms with Crippen molar-refractivity contribution >= 4 is 21.9 Å². The molecule has 0 aliphatic heterocycles. The van der Waals surface area contributed by atoms with Crippen LogP contribution in [0.2, 0.25) is 0 Å². The van der Waals surface area contributed by atoms with E-state index in [4.69, 9.17) is 4.42 Å². The Morgan fingerprint density at radius 2 is 1.03 bits per heavy atom. The summed E-state index contributed by atoms with van der Waals surface area (Å²) in [5.74, 6) is 0. The average molecular weight is 952 g/mol. The van der Waals surface area contributed by atoms with Gasteiger partial charge < -0.3 is 19.4 Å². The molecule has 5 aromatic carbocycles. The quantitative estimate of drug-likeness (QED) is 0.114. The zero-order valence-electron chi connectivity index (χ0n) is 43.4. The number of rotatable bonds is 12. The predicted octanol–water partition coefficient (Wildman–Crippen LogP) is 11.7. The van der Waals surface area contributed by atoms with Crippen molar-refractivity contribution in [3.63, 3.8) is 0 Å². The largest absolute Gasteiger partial charge is 3.00 e. The summed E-state index contributed by atoms with van der Waals surface area (Å²) in [6.07, 6.45) is -14.6. The Morgan fingerprint density at radius 3 is 1.49 bits per heavy atom. The summed E-state index contributed by atoms with van der Waals surface area (Å²) in [5.41, 5.74) is 2.48. The van der Waals surface area contributed by atoms with Crippen molar-refractivity contribution in [3.05, 3.63) is 209 Å². The van der Waals surface area contributed by atoms with Crippen molar-refractivity contribution in [3.8, 4) is 39.8 Å². The molecule has 4 heterocycles. The van der Waals surface area contributed by atoms with Gasteiger partial charge in [-0.1, -0.05) is 71.6 Å². The summed E-state index contributed by atoms with van der Waals surface area (Å²) in [6, 6.07) is 43.8. The number of furan rings is 1. The van der Waals surface area contributed by atoms with Gasteiger partial charge in [-0.3, -0.25) is 0 Å². The molecule has 5 nitrogen and oxygen atoms in total. The van der Waals surface area contributed by atoms with Crippen molar-refractivity contribution < 1.29 is 41.0 Å². The molecule has 0 saturated carbocycles. The van der Waals surface area contributed by atoms with Crippen LogP contribution in [0, 0.1) is 36.5 Å². The van der Waals surface area contributed by atoms with E-state index in [0.717, 1.165) is 35.2 Å². The van der Waals surface area contributed by atoms with Gasteiger partial charge in [0.2, 0.25) is 0 Å². The second-order valence-electron chi connectivity index (χ2n) is 13.3. The normalized spacial score (nSPS) is 15.5. The van der Waals surface area contributed by atoms with E-state index in [1.807, 2.05) is 6.07 Å². The Bertz CT molecular complexity index is 3330. The SMILES string of the molecule is [2H]C([2H])(c1ccc(-c2[c-]cccc2)nc1)C([2H])([2H])c1cc(C([2H])([2H])C([2H])([2H])c2ccc(-c3[c-]cccc3)nc2)cc(C([2H])([2H])C([2H])([2H])c2ccc(-c3[c-]ccc4c3oc3c(C)c(C#N)ccc34)nc2)c1.[Ir+3]. The number of aromatic nitrogens is 3. The van der Waals surface area contributed by atoms with Crippen molar-refractivity contribution in [1.82, 2.24) is 15.0 Å². The minimum atomic E-state index is -3.13. The van der Waals surface area contributed by atoms with Crippen LogP contribution in [0.5, 0.6) is 0 Å². The molecule has 6 heteroatoms. The van der Waals surface area contributed by atoms with Crippen molar-refractivity contribution in [2.45, 2.75) is 45.2 Å². The molecular formula is C53H39IrN4O. The number of aryl methyl sites for hydroxylation is 7. The Morgan fingerprint density at radius 1 is 0.542 bits per heavy atom. The molecule has 0 saturated heterocycles. The van der Waals surface area contributed by atoms with Crippen LogP contribution in [0.15, 0.2) is 150 Å². The van der Waals surface area contributed by atoms with Gasteiger partial charge in [0.1, 0.15) is 5.58 Å². The maximum atomic E-state index is 9.60. The van der Waals surface area contributed by atoms with E-state index in [1.165, 1.54) is 48.8 Å². The van der Waals surface area contributed by atoms with Crippen LogP contribution in [0.3, 0.4) is 0 Å². The summed E-state index contributed by atoms with van der Waals surface area (Å²) < 4.78 is 118. The molecule has 0 radical (unpaired) electrons. The predicted molar refractivity (Wildman–Crippen MR) is 231 cm³/mol. The van der Waals surface area contributed by atoms with Gasteiger partial charge in [-0.2, -0.15) is 5.26 Å². The van der Waals surface area contributed by atoms with E-state index in [-0.39, 0.29) is 36.8 Å². The average Bonchev–Trinajstić information content (AvgIpc) is 3.76. The number of benzene rings is 5. The molecule has 0 fully saturated rings. The zero-order valence-corrected chi connectivity index (χ0v) is 33.8. The maximum absolute atomic E-state index is 9.60. The van der Waals surface area contributed by atoms with E-state index in [1.54, 1.807) is 73.7 Å². The van der Waals surface area contributed by atoms with Crippen molar-refractivity contribution in [1.29, 1.82) is 5.26 Å². The third-order valence-electron chi connectivity index (χ3n) is 9.47. The first-order valence-corrected chi connectivity index (χ1v) is 18.4. The van der Waals surface area contributed by atoms with Crippen LogP contribution in [-0.4, -0.2) is 15.0 Å². The smallest absolute Gasteiger partial charge is 0.500 e. The third kappa shape index (κ3) is 8.83. The molecule has 0 N–H and O–H groups in total. The summed E-state index contributed by atoms with van der Waals surface area (Å²) in [6.45, 7) is 1.78. The van der Waals surface area contributed by atoms with E-state index in [0.29, 0.717) is 56.1 Å². The van der Waals surface area contributed by atoms with Crippen LogP contribution in [0.1, 0.15) is 61.0 Å². The first kappa shape index (κ1) is 27.2. The van der Waals surface area contributed by atoms with Crippen LogP contribution in [0.25, 0.3) is 55.7 Å². The van der Waals surface area contributed by atoms with Crippen molar-refractivity contribution in [2.75, 3.05) is 0 Å². The third-order valence-corrected chi connectivity index (χ3v) is 9.47. The van der Waals surface area contributed by atoms with E-state index in [2.05, 4.69) is 39.2 Å².